The number of carbonyl (C=O) groups is 1. The average Bonchev–Trinajstić information content (AvgIpc) is 2.86. The normalized spacial score (nSPS) is 37.6. The van der Waals surface area contributed by atoms with Crippen molar-refractivity contribution in [3.63, 3.8) is 0 Å². The summed E-state index contributed by atoms with van der Waals surface area (Å²) in [4.78, 5) is 12.6. The highest BCUT2D eigenvalue weighted by atomic mass is 16.5. The first-order chi connectivity index (χ1) is 7.99. The van der Waals surface area contributed by atoms with Crippen molar-refractivity contribution in [3.8, 4) is 0 Å². The number of ether oxygens (including phenoxy) is 1. The van der Waals surface area contributed by atoms with E-state index >= 15 is 0 Å². The molecule has 2 fully saturated rings. The molecule has 2 saturated heterocycles. The highest BCUT2D eigenvalue weighted by Crippen LogP contribution is 2.35. The topological polar surface area (TPSA) is 50.4 Å². The summed E-state index contributed by atoms with van der Waals surface area (Å²) < 4.78 is 5.39. The minimum atomic E-state index is -0.231. The van der Waals surface area contributed by atoms with Gasteiger partial charge in [0.05, 0.1) is 17.6 Å². The number of amides is 1. The maximum absolute atomic E-state index is 12.6. The summed E-state index contributed by atoms with van der Waals surface area (Å²) in [5, 5.41) is 6.54. The van der Waals surface area contributed by atoms with Gasteiger partial charge in [0, 0.05) is 13.2 Å². The lowest BCUT2D eigenvalue weighted by Crippen LogP contribution is -2.54. The number of nitrogens with one attached hydrogen (secondary N) is 2. The molecule has 2 rings (SSSR count). The Morgan fingerprint density at radius 2 is 2.18 bits per heavy atom. The highest BCUT2D eigenvalue weighted by Gasteiger charge is 2.46. The van der Waals surface area contributed by atoms with Crippen LogP contribution in [-0.4, -0.2) is 37.7 Å². The molecule has 2 atom stereocenters. The van der Waals surface area contributed by atoms with Gasteiger partial charge in [-0.05, 0) is 32.2 Å². The van der Waals surface area contributed by atoms with Gasteiger partial charge in [0.15, 0.2) is 0 Å². The summed E-state index contributed by atoms with van der Waals surface area (Å²) >= 11 is 0. The van der Waals surface area contributed by atoms with Crippen molar-refractivity contribution in [2.45, 2.75) is 39.2 Å². The van der Waals surface area contributed by atoms with Crippen molar-refractivity contribution in [1.82, 2.24) is 10.6 Å². The Morgan fingerprint density at radius 1 is 1.41 bits per heavy atom. The van der Waals surface area contributed by atoms with E-state index in [9.17, 15) is 4.79 Å². The Labute approximate surface area is 103 Å². The van der Waals surface area contributed by atoms with Crippen LogP contribution in [0.3, 0.4) is 0 Å². The van der Waals surface area contributed by atoms with E-state index in [2.05, 4.69) is 31.4 Å². The van der Waals surface area contributed by atoms with E-state index in [0.717, 1.165) is 32.5 Å². The third kappa shape index (κ3) is 2.33. The third-order valence-corrected chi connectivity index (χ3v) is 4.38. The van der Waals surface area contributed by atoms with Gasteiger partial charge in [0.1, 0.15) is 0 Å². The minimum Gasteiger partial charge on any atom is -0.379 e. The zero-order valence-corrected chi connectivity index (χ0v) is 11.1. The van der Waals surface area contributed by atoms with Crippen molar-refractivity contribution >= 4 is 5.91 Å². The summed E-state index contributed by atoms with van der Waals surface area (Å²) in [5.74, 6) is 0.564. The standard InChI is InChI=1S/C13H24N2O2/c1-10(2)13(4-6-14-8-13)11(16)15-12(3)5-7-17-9-12/h10,14H,4-9H2,1-3H3,(H,15,16). The van der Waals surface area contributed by atoms with Crippen LogP contribution < -0.4 is 10.6 Å². The molecule has 4 nitrogen and oxygen atoms in total. The maximum Gasteiger partial charge on any atom is 0.228 e. The Balaban J connectivity index is 2.07. The van der Waals surface area contributed by atoms with E-state index in [-0.39, 0.29) is 16.9 Å². The summed E-state index contributed by atoms with van der Waals surface area (Å²) in [6.07, 6.45) is 1.85. The molecule has 2 N–H and O–H groups in total. The van der Waals surface area contributed by atoms with E-state index in [4.69, 9.17) is 4.74 Å². The molecule has 1 amide bonds. The second-order valence-electron chi connectivity index (χ2n) is 6.05. The molecular formula is C13H24N2O2. The van der Waals surface area contributed by atoms with Gasteiger partial charge in [0.2, 0.25) is 5.91 Å². The predicted molar refractivity (Wildman–Crippen MR) is 66.7 cm³/mol. The van der Waals surface area contributed by atoms with Gasteiger partial charge in [-0.2, -0.15) is 0 Å². The molecule has 0 aromatic rings. The zero-order chi connectivity index (χ0) is 12.5. The van der Waals surface area contributed by atoms with Gasteiger partial charge in [-0.25, -0.2) is 0 Å². The average molecular weight is 240 g/mol. The molecule has 0 aliphatic carbocycles. The predicted octanol–water partition coefficient (Wildman–Crippen LogP) is 0.917. The monoisotopic (exact) mass is 240 g/mol. The molecule has 0 aromatic carbocycles. The Morgan fingerprint density at radius 3 is 2.65 bits per heavy atom. The highest BCUT2D eigenvalue weighted by molar-refractivity contribution is 5.84. The van der Waals surface area contributed by atoms with Crippen LogP contribution in [0.4, 0.5) is 0 Å². The van der Waals surface area contributed by atoms with Crippen LogP contribution in [0.2, 0.25) is 0 Å². The fourth-order valence-corrected chi connectivity index (χ4v) is 2.82. The number of hydrogen-bond donors (Lipinski definition) is 2. The molecule has 2 unspecified atom stereocenters. The summed E-state index contributed by atoms with van der Waals surface area (Å²) in [7, 11) is 0. The van der Waals surface area contributed by atoms with Crippen molar-refractivity contribution in [3.05, 3.63) is 0 Å². The lowest BCUT2D eigenvalue weighted by molar-refractivity contribution is -0.134. The third-order valence-electron chi connectivity index (χ3n) is 4.38. The molecule has 0 saturated carbocycles. The molecule has 0 radical (unpaired) electrons. The molecule has 2 aliphatic heterocycles. The molecule has 0 aromatic heterocycles. The van der Waals surface area contributed by atoms with Gasteiger partial charge in [0.25, 0.3) is 0 Å². The first-order valence-corrected chi connectivity index (χ1v) is 6.60. The lowest BCUT2D eigenvalue weighted by Gasteiger charge is -2.35. The van der Waals surface area contributed by atoms with E-state index < -0.39 is 0 Å². The molecule has 0 bridgehead atoms. The minimum absolute atomic E-state index is 0.165. The fraction of sp³-hybridized carbons (Fsp3) is 0.923. The van der Waals surface area contributed by atoms with E-state index in [1.165, 1.54) is 0 Å². The van der Waals surface area contributed by atoms with Crippen molar-refractivity contribution in [2.75, 3.05) is 26.3 Å². The first-order valence-electron chi connectivity index (χ1n) is 6.60. The Hall–Kier alpha value is -0.610. The quantitative estimate of drug-likeness (QED) is 0.771. The molecule has 0 spiro atoms. The molecule has 17 heavy (non-hydrogen) atoms. The smallest absolute Gasteiger partial charge is 0.228 e. The van der Waals surface area contributed by atoms with Crippen molar-refractivity contribution in [1.29, 1.82) is 0 Å². The largest absolute Gasteiger partial charge is 0.379 e. The second kappa shape index (κ2) is 4.58. The van der Waals surface area contributed by atoms with Gasteiger partial charge in [-0.1, -0.05) is 13.8 Å². The zero-order valence-electron chi connectivity index (χ0n) is 11.1. The number of hydrogen-bond acceptors (Lipinski definition) is 3. The van der Waals surface area contributed by atoms with Crippen molar-refractivity contribution in [2.24, 2.45) is 11.3 Å². The van der Waals surface area contributed by atoms with Crippen LogP contribution in [0, 0.1) is 11.3 Å². The van der Waals surface area contributed by atoms with Crippen LogP contribution >= 0.6 is 0 Å². The molecule has 98 valence electrons. The van der Waals surface area contributed by atoms with Gasteiger partial charge >= 0.3 is 0 Å². The molecule has 2 aliphatic rings. The van der Waals surface area contributed by atoms with Crippen LogP contribution in [0.1, 0.15) is 33.6 Å². The van der Waals surface area contributed by atoms with E-state index in [1.54, 1.807) is 0 Å². The summed E-state index contributed by atoms with van der Waals surface area (Å²) in [5.41, 5.74) is -0.396. The van der Waals surface area contributed by atoms with E-state index in [0.29, 0.717) is 12.5 Å². The molecule has 4 heteroatoms. The Kier molecular flexibility index (Phi) is 3.46. The summed E-state index contributed by atoms with van der Waals surface area (Å²) in [6.45, 7) is 9.49. The van der Waals surface area contributed by atoms with E-state index in [1.807, 2.05) is 0 Å². The van der Waals surface area contributed by atoms with Crippen LogP contribution in [0.5, 0.6) is 0 Å². The number of carbonyl (C=O) groups excluding carboxylic acids is 1. The maximum atomic E-state index is 12.6. The molecular weight excluding hydrogens is 216 g/mol. The lowest BCUT2D eigenvalue weighted by atomic mass is 9.75. The van der Waals surface area contributed by atoms with Crippen molar-refractivity contribution < 1.29 is 9.53 Å². The first kappa shape index (κ1) is 12.8. The fourth-order valence-electron chi connectivity index (χ4n) is 2.82. The second-order valence-corrected chi connectivity index (χ2v) is 6.05. The van der Waals surface area contributed by atoms with Crippen LogP contribution in [-0.2, 0) is 9.53 Å². The van der Waals surface area contributed by atoms with Gasteiger partial charge in [-0.3, -0.25) is 4.79 Å². The Bertz CT molecular complexity index is 290. The van der Waals surface area contributed by atoms with Crippen LogP contribution in [0.25, 0.3) is 0 Å². The molecule has 2 heterocycles. The van der Waals surface area contributed by atoms with Gasteiger partial charge in [-0.15, -0.1) is 0 Å². The van der Waals surface area contributed by atoms with Gasteiger partial charge < -0.3 is 15.4 Å². The van der Waals surface area contributed by atoms with Crippen LogP contribution in [0.15, 0.2) is 0 Å². The summed E-state index contributed by atoms with van der Waals surface area (Å²) in [6, 6.07) is 0. The number of rotatable bonds is 3. The SMILES string of the molecule is CC(C)C1(C(=O)NC2(C)CCOC2)CCNC1.